The number of likely N-dealkylation sites (tertiary alicyclic amines) is 1. The number of hydrogen-bond donors (Lipinski definition) is 1. The van der Waals surface area contributed by atoms with Crippen LogP contribution in [0.1, 0.15) is 18.4 Å². The number of nitrogens with zero attached hydrogens (tertiary/aromatic N) is 1. The molecule has 0 amide bonds. The fourth-order valence-electron chi connectivity index (χ4n) is 2.61. The molecule has 1 aromatic carbocycles. The van der Waals surface area contributed by atoms with Crippen LogP contribution in [0.25, 0.3) is 6.08 Å². The number of carbonyl (C=O) groups excluding carboxylic acids is 1. The van der Waals surface area contributed by atoms with E-state index in [4.69, 9.17) is 16.3 Å². The maximum atomic E-state index is 11.8. The highest BCUT2D eigenvalue weighted by Crippen LogP contribution is 2.18. The molecular formula is C18H22ClNO3. The maximum absolute atomic E-state index is 11.8. The zero-order valence-electron chi connectivity index (χ0n) is 13.2. The number of aliphatic hydroxyl groups excluding tert-OH is 1. The molecule has 1 fully saturated rings. The predicted molar refractivity (Wildman–Crippen MR) is 92.2 cm³/mol. The van der Waals surface area contributed by atoms with E-state index in [0.29, 0.717) is 25.9 Å². The van der Waals surface area contributed by atoms with Crippen LogP contribution < -0.4 is 0 Å². The van der Waals surface area contributed by atoms with Crippen LogP contribution in [0.15, 0.2) is 42.5 Å². The lowest BCUT2D eigenvalue weighted by Gasteiger charge is -2.35. The van der Waals surface area contributed by atoms with E-state index in [-0.39, 0.29) is 12.0 Å². The van der Waals surface area contributed by atoms with E-state index in [2.05, 4.69) is 0 Å². The lowest BCUT2D eigenvalue weighted by molar-refractivity contribution is -0.149. The van der Waals surface area contributed by atoms with Gasteiger partial charge in [-0.1, -0.05) is 48.0 Å². The molecule has 1 aromatic rings. The highest BCUT2D eigenvalue weighted by Gasteiger charge is 2.32. The zero-order chi connectivity index (χ0) is 16.7. The molecule has 1 aliphatic heterocycles. The summed E-state index contributed by atoms with van der Waals surface area (Å²) in [5.74, 6) is -0.283. The molecule has 23 heavy (non-hydrogen) atoms. The summed E-state index contributed by atoms with van der Waals surface area (Å²) in [6, 6.07) is 7.24. The fraction of sp³-hybridized carbons (Fsp3) is 0.389. The van der Waals surface area contributed by atoms with E-state index >= 15 is 0 Å². The standard InChI is InChI=1S/C18H22ClNO3/c1-23-18(22)17-13-16(21)10-12-20(17)11-4-2-3-5-14-6-8-15(19)9-7-14/h2-9,16-17,21H,10-13H2,1H3/b4-2+,5-3+/t16-,17+/m1/s1. The van der Waals surface area contributed by atoms with Gasteiger partial charge in [-0.2, -0.15) is 0 Å². The van der Waals surface area contributed by atoms with E-state index in [1.165, 1.54) is 7.11 Å². The highest BCUT2D eigenvalue weighted by molar-refractivity contribution is 6.30. The number of carbonyl (C=O) groups is 1. The number of piperidine rings is 1. The number of rotatable bonds is 5. The summed E-state index contributed by atoms with van der Waals surface area (Å²) < 4.78 is 4.82. The van der Waals surface area contributed by atoms with E-state index in [1.807, 2.05) is 53.5 Å². The highest BCUT2D eigenvalue weighted by atomic mass is 35.5. The summed E-state index contributed by atoms with van der Waals surface area (Å²) in [6.45, 7) is 1.34. The molecule has 4 nitrogen and oxygen atoms in total. The van der Waals surface area contributed by atoms with Gasteiger partial charge >= 0.3 is 5.97 Å². The Hall–Kier alpha value is -1.62. The van der Waals surface area contributed by atoms with Gasteiger partial charge in [0.05, 0.1) is 13.2 Å². The quantitative estimate of drug-likeness (QED) is 0.664. The third kappa shape index (κ3) is 5.50. The van der Waals surface area contributed by atoms with Crippen LogP contribution >= 0.6 is 11.6 Å². The van der Waals surface area contributed by atoms with Gasteiger partial charge < -0.3 is 9.84 Å². The second-order valence-electron chi connectivity index (χ2n) is 5.55. The van der Waals surface area contributed by atoms with Gasteiger partial charge in [0.2, 0.25) is 0 Å². The normalized spacial score (nSPS) is 22.7. The number of allylic oxidation sites excluding steroid dienone is 2. The molecule has 1 saturated heterocycles. The van der Waals surface area contributed by atoms with Crippen molar-refractivity contribution in [1.29, 1.82) is 0 Å². The van der Waals surface area contributed by atoms with Gasteiger partial charge in [0, 0.05) is 18.1 Å². The number of esters is 1. The van der Waals surface area contributed by atoms with E-state index < -0.39 is 6.10 Å². The van der Waals surface area contributed by atoms with Crippen LogP contribution in [0.4, 0.5) is 0 Å². The van der Waals surface area contributed by atoms with Gasteiger partial charge in [-0.25, -0.2) is 0 Å². The Bertz CT molecular complexity index is 568. The van der Waals surface area contributed by atoms with E-state index in [1.54, 1.807) is 0 Å². The molecule has 2 atom stereocenters. The third-order valence-corrected chi connectivity index (χ3v) is 4.16. The monoisotopic (exact) mass is 335 g/mol. The van der Waals surface area contributed by atoms with Crippen LogP contribution in [0.5, 0.6) is 0 Å². The third-order valence-electron chi connectivity index (χ3n) is 3.90. The Morgan fingerprint density at radius 3 is 2.83 bits per heavy atom. The first-order valence-corrected chi connectivity index (χ1v) is 8.06. The lowest BCUT2D eigenvalue weighted by Crippen LogP contribution is -2.49. The summed E-state index contributed by atoms with van der Waals surface area (Å²) in [7, 11) is 1.38. The molecule has 1 heterocycles. The Balaban J connectivity index is 1.87. The smallest absolute Gasteiger partial charge is 0.323 e. The Morgan fingerprint density at radius 1 is 1.39 bits per heavy atom. The van der Waals surface area contributed by atoms with Crippen molar-refractivity contribution >= 4 is 23.6 Å². The average Bonchev–Trinajstić information content (AvgIpc) is 2.56. The van der Waals surface area contributed by atoms with E-state index in [9.17, 15) is 9.90 Å². The molecule has 0 aromatic heterocycles. The first-order chi connectivity index (χ1) is 11.1. The minimum absolute atomic E-state index is 0.283. The molecule has 1 aliphatic rings. The van der Waals surface area contributed by atoms with Gasteiger partial charge in [-0.3, -0.25) is 9.69 Å². The molecule has 0 unspecified atom stereocenters. The van der Waals surface area contributed by atoms with Crippen LogP contribution in [-0.2, 0) is 9.53 Å². The number of methoxy groups -OCH3 is 1. The molecule has 1 N–H and O–H groups in total. The molecule has 0 radical (unpaired) electrons. The van der Waals surface area contributed by atoms with Gasteiger partial charge in [-0.05, 0) is 30.5 Å². The number of aliphatic hydroxyl groups is 1. The summed E-state index contributed by atoms with van der Waals surface area (Å²) in [5, 5.41) is 10.4. The van der Waals surface area contributed by atoms with Crippen molar-refractivity contribution in [3.63, 3.8) is 0 Å². The second-order valence-corrected chi connectivity index (χ2v) is 5.99. The van der Waals surface area contributed by atoms with Crippen LogP contribution in [0.3, 0.4) is 0 Å². The Labute approximate surface area is 142 Å². The van der Waals surface area contributed by atoms with E-state index in [0.717, 1.165) is 10.6 Å². The van der Waals surface area contributed by atoms with Crippen molar-refractivity contribution < 1.29 is 14.6 Å². The SMILES string of the molecule is COC(=O)[C@@H]1C[C@H](O)CCN1C/C=C/C=C/c1ccc(Cl)cc1. The largest absolute Gasteiger partial charge is 0.468 e. The minimum Gasteiger partial charge on any atom is -0.468 e. The van der Waals surface area contributed by atoms with Gasteiger partial charge in [0.15, 0.2) is 0 Å². The molecule has 0 spiro atoms. The van der Waals surface area contributed by atoms with Gasteiger partial charge in [0.25, 0.3) is 0 Å². The maximum Gasteiger partial charge on any atom is 0.323 e. The zero-order valence-corrected chi connectivity index (χ0v) is 13.9. The Morgan fingerprint density at radius 2 is 2.13 bits per heavy atom. The number of benzene rings is 1. The Kier molecular flexibility index (Phi) is 6.84. The van der Waals surface area contributed by atoms with Crippen molar-refractivity contribution in [1.82, 2.24) is 4.90 Å². The number of ether oxygens (including phenoxy) is 1. The molecule has 0 bridgehead atoms. The van der Waals surface area contributed by atoms with Crippen molar-refractivity contribution in [2.24, 2.45) is 0 Å². The average molecular weight is 336 g/mol. The number of halogens is 1. The van der Waals surface area contributed by atoms with Crippen LogP contribution in [0, 0.1) is 0 Å². The summed E-state index contributed by atoms with van der Waals surface area (Å²) >= 11 is 5.84. The first kappa shape index (κ1) is 17.7. The van der Waals surface area contributed by atoms with Crippen molar-refractivity contribution in [3.8, 4) is 0 Å². The topological polar surface area (TPSA) is 49.8 Å². The van der Waals surface area contributed by atoms with Crippen LogP contribution in [0.2, 0.25) is 5.02 Å². The summed E-state index contributed by atoms with van der Waals surface area (Å²) in [5.41, 5.74) is 1.08. The molecular weight excluding hydrogens is 314 g/mol. The van der Waals surface area contributed by atoms with Gasteiger partial charge in [0.1, 0.15) is 6.04 Å². The van der Waals surface area contributed by atoms with Crippen molar-refractivity contribution in [2.75, 3.05) is 20.2 Å². The van der Waals surface area contributed by atoms with Crippen molar-refractivity contribution in [2.45, 2.75) is 25.0 Å². The summed E-state index contributed by atoms with van der Waals surface area (Å²) in [6.07, 6.45) is 8.58. The van der Waals surface area contributed by atoms with Crippen LogP contribution in [-0.4, -0.2) is 48.3 Å². The second kappa shape index (κ2) is 8.87. The molecule has 0 saturated carbocycles. The minimum atomic E-state index is -0.427. The lowest BCUT2D eigenvalue weighted by atomic mass is 9.99. The molecule has 0 aliphatic carbocycles. The predicted octanol–water partition coefficient (Wildman–Crippen LogP) is 2.91. The molecule has 124 valence electrons. The number of hydrogen-bond acceptors (Lipinski definition) is 4. The van der Waals surface area contributed by atoms with Gasteiger partial charge in [-0.15, -0.1) is 0 Å². The first-order valence-electron chi connectivity index (χ1n) is 7.69. The fourth-order valence-corrected chi connectivity index (χ4v) is 2.74. The molecule has 2 rings (SSSR count). The summed E-state index contributed by atoms with van der Waals surface area (Å²) in [4.78, 5) is 13.8. The molecule has 5 heteroatoms. The van der Waals surface area contributed by atoms with Crippen molar-refractivity contribution in [3.05, 3.63) is 53.1 Å².